The third-order valence-corrected chi connectivity index (χ3v) is 5.72. The van der Waals surface area contributed by atoms with Crippen molar-refractivity contribution in [2.45, 2.75) is 10.8 Å². The summed E-state index contributed by atoms with van der Waals surface area (Å²) in [6.07, 6.45) is -5.41. The van der Waals surface area contributed by atoms with Crippen molar-refractivity contribution in [1.82, 2.24) is 9.44 Å². The Kier molecular flexibility index (Phi) is 4.12. The van der Waals surface area contributed by atoms with Gasteiger partial charge in [0.1, 0.15) is 0 Å². The molecule has 0 fully saturated rings. The first-order valence-electron chi connectivity index (χ1n) is 3.40. The Balaban J connectivity index is 5.71. The molecule has 0 aromatic heterocycles. The SMILES string of the molecule is CNS(=O)(=O)C(C(F)(F)F)S(=O)(=O)NC. The Morgan fingerprint density at radius 1 is 0.933 bits per heavy atom. The molecular weight excluding hydrogens is 261 g/mol. The van der Waals surface area contributed by atoms with E-state index in [0.29, 0.717) is 14.1 Å². The van der Waals surface area contributed by atoms with Crippen LogP contribution in [0.2, 0.25) is 0 Å². The molecule has 0 atom stereocenters. The molecule has 0 heterocycles. The lowest BCUT2D eigenvalue weighted by Gasteiger charge is -2.19. The zero-order chi connectivity index (χ0) is 12.5. The van der Waals surface area contributed by atoms with Crippen molar-refractivity contribution >= 4 is 20.0 Å². The maximum atomic E-state index is 12.2. The van der Waals surface area contributed by atoms with E-state index < -0.39 is 30.8 Å². The maximum Gasteiger partial charge on any atom is 0.422 e. The van der Waals surface area contributed by atoms with Gasteiger partial charge in [-0.15, -0.1) is 0 Å². The van der Waals surface area contributed by atoms with Crippen molar-refractivity contribution in [3.63, 3.8) is 0 Å². The van der Waals surface area contributed by atoms with Crippen molar-refractivity contribution < 1.29 is 30.0 Å². The summed E-state index contributed by atoms with van der Waals surface area (Å²) in [5.74, 6) is 0. The molecule has 0 rings (SSSR count). The molecular formula is C4H9F3N2O4S2. The number of rotatable bonds is 4. The second-order valence-corrected chi connectivity index (χ2v) is 6.61. The molecule has 0 aliphatic heterocycles. The van der Waals surface area contributed by atoms with E-state index in [1.54, 1.807) is 0 Å². The van der Waals surface area contributed by atoms with Gasteiger partial charge in [0.2, 0.25) is 20.0 Å². The number of sulfonamides is 2. The third kappa shape index (κ3) is 3.29. The number of nitrogens with one attached hydrogen (secondary N) is 2. The van der Waals surface area contributed by atoms with Crippen LogP contribution >= 0.6 is 0 Å². The monoisotopic (exact) mass is 270 g/mol. The van der Waals surface area contributed by atoms with Gasteiger partial charge in [0.25, 0.3) is 4.58 Å². The number of halogens is 3. The van der Waals surface area contributed by atoms with Crippen LogP contribution in [-0.2, 0) is 20.0 Å². The fourth-order valence-electron chi connectivity index (χ4n) is 0.733. The third-order valence-electron chi connectivity index (χ3n) is 1.40. The first kappa shape index (κ1) is 14.6. The van der Waals surface area contributed by atoms with E-state index in [0.717, 1.165) is 0 Å². The van der Waals surface area contributed by atoms with Crippen LogP contribution in [0.3, 0.4) is 0 Å². The summed E-state index contributed by atoms with van der Waals surface area (Å²) >= 11 is 0. The van der Waals surface area contributed by atoms with Crippen molar-refractivity contribution in [2.75, 3.05) is 14.1 Å². The van der Waals surface area contributed by atoms with E-state index in [4.69, 9.17) is 0 Å². The van der Waals surface area contributed by atoms with Crippen LogP contribution in [0, 0.1) is 0 Å². The predicted octanol–water partition coefficient (Wildman–Crippen LogP) is -1.03. The molecule has 0 spiro atoms. The zero-order valence-electron chi connectivity index (χ0n) is 7.66. The minimum atomic E-state index is -5.41. The topological polar surface area (TPSA) is 92.3 Å². The highest BCUT2D eigenvalue weighted by molar-refractivity contribution is 8.07. The average Bonchev–Trinajstić information content (AvgIpc) is 2.00. The summed E-state index contributed by atoms with van der Waals surface area (Å²) in [7, 11) is -8.64. The molecule has 15 heavy (non-hydrogen) atoms. The van der Waals surface area contributed by atoms with Crippen LogP contribution in [0.5, 0.6) is 0 Å². The van der Waals surface area contributed by atoms with Gasteiger partial charge >= 0.3 is 6.18 Å². The molecule has 0 saturated heterocycles. The van der Waals surface area contributed by atoms with Crippen molar-refractivity contribution in [3.05, 3.63) is 0 Å². The first-order chi connectivity index (χ1) is 6.49. The van der Waals surface area contributed by atoms with Crippen LogP contribution in [0.25, 0.3) is 0 Å². The molecule has 0 aliphatic carbocycles. The van der Waals surface area contributed by atoms with E-state index in [-0.39, 0.29) is 0 Å². The summed E-state index contributed by atoms with van der Waals surface area (Å²) in [5, 5.41) is 0. The molecule has 0 saturated carbocycles. The maximum absolute atomic E-state index is 12.2. The Labute approximate surface area is 85.0 Å². The number of alkyl halides is 3. The van der Waals surface area contributed by atoms with Crippen LogP contribution in [0.4, 0.5) is 13.2 Å². The molecule has 11 heteroatoms. The molecule has 92 valence electrons. The largest absolute Gasteiger partial charge is 0.422 e. The fraction of sp³-hybridized carbons (Fsp3) is 1.00. The molecule has 0 aromatic carbocycles. The molecule has 0 radical (unpaired) electrons. The summed E-state index contributed by atoms with van der Waals surface area (Å²) in [4.78, 5) is 0. The number of hydrogen-bond donors (Lipinski definition) is 2. The van der Waals surface area contributed by atoms with Crippen LogP contribution in [-0.4, -0.2) is 41.7 Å². The molecule has 0 amide bonds. The predicted molar refractivity (Wildman–Crippen MR) is 45.8 cm³/mol. The summed E-state index contributed by atoms with van der Waals surface area (Å²) in [5.41, 5.74) is 0. The first-order valence-corrected chi connectivity index (χ1v) is 6.49. The smallest absolute Gasteiger partial charge is 0.217 e. The van der Waals surface area contributed by atoms with Gasteiger partial charge in [0, 0.05) is 0 Å². The van der Waals surface area contributed by atoms with E-state index in [1.807, 2.05) is 0 Å². The molecule has 0 aromatic rings. The van der Waals surface area contributed by atoms with Crippen molar-refractivity contribution in [1.29, 1.82) is 0 Å². The summed E-state index contributed by atoms with van der Waals surface area (Å²) in [6.45, 7) is 0. The van der Waals surface area contributed by atoms with Gasteiger partial charge in [0.15, 0.2) is 0 Å². The van der Waals surface area contributed by atoms with E-state index in [1.165, 1.54) is 9.44 Å². The van der Waals surface area contributed by atoms with Gasteiger partial charge in [-0.3, -0.25) is 0 Å². The standard InChI is InChI=1S/C4H9F3N2O4S2/c1-8-14(10,11)3(4(5,6)7)15(12,13)9-2/h3,8-9H,1-2H3. The second-order valence-electron chi connectivity index (χ2n) is 2.37. The fourth-order valence-corrected chi connectivity index (χ4v) is 3.78. The Morgan fingerprint density at radius 2 is 1.20 bits per heavy atom. The lowest BCUT2D eigenvalue weighted by molar-refractivity contribution is -0.115. The average molecular weight is 270 g/mol. The molecule has 0 unspecified atom stereocenters. The van der Waals surface area contributed by atoms with Crippen LogP contribution < -0.4 is 9.44 Å². The number of hydrogen-bond acceptors (Lipinski definition) is 4. The highest BCUT2D eigenvalue weighted by Crippen LogP contribution is 2.28. The molecule has 0 aliphatic rings. The zero-order valence-corrected chi connectivity index (χ0v) is 9.29. The van der Waals surface area contributed by atoms with Gasteiger partial charge < -0.3 is 0 Å². The van der Waals surface area contributed by atoms with E-state index in [9.17, 15) is 30.0 Å². The van der Waals surface area contributed by atoms with Gasteiger partial charge in [-0.05, 0) is 14.1 Å². The lowest BCUT2D eigenvalue weighted by Crippen LogP contribution is -2.51. The highest BCUT2D eigenvalue weighted by Gasteiger charge is 2.56. The van der Waals surface area contributed by atoms with Gasteiger partial charge in [-0.1, -0.05) is 0 Å². The molecule has 6 nitrogen and oxygen atoms in total. The second kappa shape index (κ2) is 4.23. The molecule has 2 N–H and O–H groups in total. The minimum absolute atomic E-state index is 0.694. The van der Waals surface area contributed by atoms with Crippen LogP contribution in [0.15, 0.2) is 0 Å². The van der Waals surface area contributed by atoms with Gasteiger partial charge in [0.05, 0.1) is 0 Å². The van der Waals surface area contributed by atoms with Gasteiger partial charge in [-0.25, -0.2) is 26.3 Å². The summed E-state index contributed by atoms with van der Waals surface area (Å²) < 4.78 is 79.5. The normalized spacial score (nSPS) is 14.5. The van der Waals surface area contributed by atoms with E-state index in [2.05, 4.69) is 0 Å². The minimum Gasteiger partial charge on any atom is -0.217 e. The van der Waals surface area contributed by atoms with E-state index >= 15 is 0 Å². The lowest BCUT2D eigenvalue weighted by atomic mass is 10.8. The Hall–Kier alpha value is -0.390. The van der Waals surface area contributed by atoms with Gasteiger partial charge in [-0.2, -0.15) is 13.2 Å². The quantitative estimate of drug-likeness (QED) is 0.683. The Bertz CT molecular complexity index is 378. The van der Waals surface area contributed by atoms with Crippen LogP contribution in [0.1, 0.15) is 0 Å². The van der Waals surface area contributed by atoms with Crippen molar-refractivity contribution in [3.8, 4) is 0 Å². The Morgan fingerprint density at radius 3 is 1.33 bits per heavy atom. The van der Waals surface area contributed by atoms with Crippen molar-refractivity contribution in [2.24, 2.45) is 0 Å². The molecule has 0 bridgehead atoms. The summed E-state index contributed by atoms with van der Waals surface area (Å²) in [6, 6.07) is 0. The highest BCUT2D eigenvalue weighted by atomic mass is 32.3.